The van der Waals surface area contributed by atoms with Crippen molar-refractivity contribution in [3.63, 3.8) is 0 Å². The third kappa shape index (κ3) is 4.49. The predicted molar refractivity (Wildman–Crippen MR) is 99.7 cm³/mol. The summed E-state index contributed by atoms with van der Waals surface area (Å²) in [4.78, 5) is 48.4. The van der Waals surface area contributed by atoms with Crippen molar-refractivity contribution in [3.8, 4) is 0 Å². The van der Waals surface area contributed by atoms with E-state index < -0.39 is 17.9 Å². The van der Waals surface area contributed by atoms with Gasteiger partial charge in [0.1, 0.15) is 6.04 Å². The van der Waals surface area contributed by atoms with E-state index in [1.165, 1.54) is 11.6 Å². The van der Waals surface area contributed by atoms with E-state index in [9.17, 15) is 19.2 Å². The van der Waals surface area contributed by atoms with Crippen LogP contribution in [0.1, 0.15) is 38.2 Å². The number of aryl methyl sites for hydroxylation is 1. The largest absolute Gasteiger partial charge is 0.344 e. The number of benzene rings is 1. The quantitative estimate of drug-likeness (QED) is 0.652. The third-order valence-corrected chi connectivity index (χ3v) is 3.99. The molecule has 1 aromatic carbocycles. The number of hydrogen-bond donors (Lipinski definition) is 3. The monoisotopic (exact) mass is 373 g/mol. The first-order valence-corrected chi connectivity index (χ1v) is 8.63. The van der Waals surface area contributed by atoms with Gasteiger partial charge >= 0.3 is 0 Å². The Kier molecular flexibility index (Phi) is 6.27. The van der Waals surface area contributed by atoms with Gasteiger partial charge in [-0.15, -0.1) is 0 Å². The molecule has 1 atom stereocenters. The summed E-state index contributed by atoms with van der Waals surface area (Å²) >= 11 is 0. The van der Waals surface area contributed by atoms with E-state index in [0.717, 1.165) is 0 Å². The van der Waals surface area contributed by atoms with Crippen LogP contribution >= 0.6 is 0 Å². The van der Waals surface area contributed by atoms with Crippen molar-refractivity contribution in [2.75, 3.05) is 0 Å². The van der Waals surface area contributed by atoms with Crippen molar-refractivity contribution in [2.24, 2.45) is 5.92 Å². The molecule has 0 bridgehead atoms. The highest BCUT2D eigenvalue weighted by atomic mass is 16.2. The Morgan fingerprint density at radius 3 is 2.30 bits per heavy atom. The fourth-order valence-electron chi connectivity index (χ4n) is 2.63. The maximum atomic E-state index is 12.6. The topological polar surface area (TPSA) is 122 Å². The van der Waals surface area contributed by atoms with E-state index in [4.69, 9.17) is 0 Å². The van der Waals surface area contributed by atoms with Gasteiger partial charge in [0.15, 0.2) is 5.69 Å². The number of carbonyl (C=O) groups excluding carboxylic acids is 3. The Hall–Kier alpha value is -3.23. The number of nitrogens with one attached hydrogen (secondary N) is 3. The lowest BCUT2D eigenvalue weighted by Crippen LogP contribution is -2.54. The minimum Gasteiger partial charge on any atom is -0.344 e. The van der Waals surface area contributed by atoms with Gasteiger partial charge in [-0.3, -0.25) is 30.0 Å². The molecular weight excluding hydrogens is 350 g/mol. The molecule has 0 fully saturated rings. The number of aromatic nitrogens is 2. The van der Waals surface area contributed by atoms with Crippen LogP contribution in [0.5, 0.6) is 0 Å². The summed E-state index contributed by atoms with van der Waals surface area (Å²) in [5.74, 6) is -1.74. The Morgan fingerprint density at radius 2 is 1.74 bits per heavy atom. The van der Waals surface area contributed by atoms with Gasteiger partial charge in [0.25, 0.3) is 17.4 Å². The van der Waals surface area contributed by atoms with E-state index in [2.05, 4.69) is 21.3 Å². The second kappa shape index (κ2) is 8.43. The van der Waals surface area contributed by atoms with Crippen LogP contribution in [-0.2, 0) is 16.1 Å². The standard InChI is InChI=1S/C18H23N5O4/c1-5-23-18(27)13-9-7-6-8-12(13)15(22-23)17(26)21-20-16(25)14(10(2)3)19-11(4)24/h6-10,14H,5H2,1-4H3,(H,19,24)(H,20,25)(H,21,26)/t14-/m0/s1. The Morgan fingerprint density at radius 1 is 1.11 bits per heavy atom. The van der Waals surface area contributed by atoms with Crippen molar-refractivity contribution in [1.82, 2.24) is 25.9 Å². The molecule has 0 aliphatic carbocycles. The first kappa shape index (κ1) is 20.1. The minimum absolute atomic E-state index is 0.0213. The summed E-state index contributed by atoms with van der Waals surface area (Å²) in [6, 6.07) is 5.84. The average Bonchev–Trinajstić information content (AvgIpc) is 2.64. The number of rotatable bonds is 5. The molecule has 144 valence electrons. The molecule has 3 N–H and O–H groups in total. The number of carbonyl (C=O) groups is 3. The molecule has 0 spiro atoms. The van der Waals surface area contributed by atoms with Crippen LogP contribution < -0.4 is 21.7 Å². The fraction of sp³-hybridized carbons (Fsp3) is 0.389. The van der Waals surface area contributed by atoms with Gasteiger partial charge < -0.3 is 5.32 Å². The molecule has 1 heterocycles. The molecule has 0 saturated heterocycles. The van der Waals surface area contributed by atoms with Gasteiger partial charge in [0.2, 0.25) is 5.91 Å². The summed E-state index contributed by atoms with van der Waals surface area (Å²) in [6.07, 6.45) is 0. The van der Waals surface area contributed by atoms with E-state index in [-0.39, 0.29) is 23.1 Å². The zero-order chi connectivity index (χ0) is 20.1. The van der Waals surface area contributed by atoms with Crippen LogP contribution in [0, 0.1) is 5.92 Å². The molecule has 27 heavy (non-hydrogen) atoms. The molecule has 9 nitrogen and oxygen atoms in total. The van der Waals surface area contributed by atoms with Crippen molar-refractivity contribution >= 4 is 28.5 Å². The first-order chi connectivity index (χ1) is 12.8. The van der Waals surface area contributed by atoms with Crippen LogP contribution in [-0.4, -0.2) is 33.5 Å². The number of hydrazine groups is 1. The molecule has 0 saturated carbocycles. The Bertz CT molecular complexity index is 935. The van der Waals surface area contributed by atoms with E-state index in [1.54, 1.807) is 45.0 Å². The van der Waals surface area contributed by atoms with Crippen molar-refractivity contribution in [3.05, 3.63) is 40.3 Å². The van der Waals surface area contributed by atoms with Crippen LogP contribution in [0.4, 0.5) is 0 Å². The van der Waals surface area contributed by atoms with E-state index in [1.807, 2.05) is 0 Å². The van der Waals surface area contributed by atoms with Crippen LogP contribution in [0.2, 0.25) is 0 Å². The maximum absolute atomic E-state index is 12.6. The third-order valence-electron chi connectivity index (χ3n) is 3.99. The molecule has 0 unspecified atom stereocenters. The molecule has 2 rings (SSSR count). The Labute approximate surface area is 156 Å². The fourth-order valence-corrected chi connectivity index (χ4v) is 2.63. The molecule has 2 aromatic rings. The van der Waals surface area contributed by atoms with Crippen LogP contribution in [0.15, 0.2) is 29.1 Å². The van der Waals surface area contributed by atoms with Gasteiger partial charge in [0, 0.05) is 18.9 Å². The number of nitrogens with zero attached hydrogens (tertiary/aromatic N) is 2. The molecule has 9 heteroatoms. The number of hydrogen-bond acceptors (Lipinski definition) is 5. The zero-order valence-corrected chi connectivity index (χ0v) is 15.7. The number of amides is 3. The molecule has 0 radical (unpaired) electrons. The second-order valence-electron chi connectivity index (χ2n) is 6.38. The maximum Gasteiger partial charge on any atom is 0.290 e. The van der Waals surface area contributed by atoms with Crippen molar-refractivity contribution < 1.29 is 14.4 Å². The van der Waals surface area contributed by atoms with Gasteiger partial charge in [-0.1, -0.05) is 32.0 Å². The lowest BCUT2D eigenvalue weighted by Gasteiger charge is -2.21. The van der Waals surface area contributed by atoms with Crippen molar-refractivity contribution in [2.45, 2.75) is 40.3 Å². The molecular formula is C18H23N5O4. The smallest absolute Gasteiger partial charge is 0.290 e. The van der Waals surface area contributed by atoms with Gasteiger partial charge in [-0.2, -0.15) is 5.10 Å². The van der Waals surface area contributed by atoms with E-state index >= 15 is 0 Å². The lowest BCUT2D eigenvalue weighted by molar-refractivity contribution is -0.129. The first-order valence-electron chi connectivity index (χ1n) is 8.63. The highest BCUT2D eigenvalue weighted by Gasteiger charge is 2.24. The summed E-state index contributed by atoms with van der Waals surface area (Å²) < 4.78 is 1.19. The summed E-state index contributed by atoms with van der Waals surface area (Å²) in [7, 11) is 0. The number of fused-ring (bicyclic) bond motifs is 1. The van der Waals surface area contributed by atoms with Gasteiger partial charge in [0.05, 0.1) is 5.39 Å². The summed E-state index contributed by atoms with van der Waals surface area (Å²) in [6.45, 7) is 6.90. The summed E-state index contributed by atoms with van der Waals surface area (Å²) in [5, 5.41) is 7.39. The highest BCUT2D eigenvalue weighted by molar-refractivity contribution is 6.05. The average molecular weight is 373 g/mol. The predicted octanol–water partition coefficient (Wildman–Crippen LogP) is 0.338. The summed E-state index contributed by atoms with van der Waals surface area (Å²) in [5.41, 5.74) is 4.34. The Balaban J connectivity index is 2.26. The molecule has 3 amide bonds. The SMILES string of the molecule is CCn1nc(C(=O)NNC(=O)[C@@H](NC(C)=O)C(C)C)c2ccccc2c1=O. The minimum atomic E-state index is -0.794. The van der Waals surface area contributed by atoms with Gasteiger partial charge in [-0.05, 0) is 18.9 Å². The zero-order valence-electron chi connectivity index (χ0n) is 15.7. The molecule has 0 aliphatic heterocycles. The second-order valence-corrected chi connectivity index (χ2v) is 6.38. The normalized spacial score (nSPS) is 11.9. The van der Waals surface area contributed by atoms with Gasteiger partial charge in [-0.25, -0.2) is 4.68 Å². The van der Waals surface area contributed by atoms with Crippen LogP contribution in [0.3, 0.4) is 0 Å². The lowest BCUT2D eigenvalue weighted by atomic mass is 10.0. The van der Waals surface area contributed by atoms with Crippen LogP contribution in [0.25, 0.3) is 10.8 Å². The highest BCUT2D eigenvalue weighted by Crippen LogP contribution is 2.13. The molecule has 0 aliphatic rings. The van der Waals surface area contributed by atoms with E-state index in [0.29, 0.717) is 17.3 Å². The molecule has 1 aromatic heterocycles. The van der Waals surface area contributed by atoms with Crippen molar-refractivity contribution in [1.29, 1.82) is 0 Å².